The highest BCUT2D eigenvalue weighted by atomic mass is 16.3. The van der Waals surface area contributed by atoms with Crippen molar-refractivity contribution >= 4 is 11.9 Å². The average molecular weight is 530 g/mol. The van der Waals surface area contributed by atoms with Crippen LogP contribution in [0.15, 0.2) is 48.5 Å². The summed E-state index contributed by atoms with van der Waals surface area (Å²) in [4.78, 5) is 24.1. The Bertz CT molecular complexity index is 1270. The summed E-state index contributed by atoms with van der Waals surface area (Å²) in [6, 6.07) is 15.1. The number of aliphatic hydroxyl groups is 1. The number of hydrogen-bond acceptors (Lipinski definition) is 9. The largest absolute Gasteiger partial charge is 0.508 e. The van der Waals surface area contributed by atoms with Gasteiger partial charge in [0.1, 0.15) is 5.75 Å². The van der Waals surface area contributed by atoms with Crippen molar-refractivity contribution in [2.45, 2.75) is 25.3 Å². The molecule has 2 aromatic carbocycles. The maximum atomic E-state index is 10.4. The third kappa shape index (κ3) is 5.71. The van der Waals surface area contributed by atoms with Crippen molar-refractivity contribution in [2.75, 3.05) is 75.8 Å². The van der Waals surface area contributed by atoms with E-state index in [2.05, 4.69) is 44.8 Å². The van der Waals surface area contributed by atoms with E-state index in [0.29, 0.717) is 17.7 Å². The van der Waals surface area contributed by atoms with Crippen LogP contribution in [-0.4, -0.2) is 101 Å². The molecule has 0 spiro atoms. The van der Waals surface area contributed by atoms with Gasteiger partial charge >= 0.3 is 0 Å². The van der Waals surface area contributed by atoms with Gasteiger partial charge in [-0.1, -0.05) is 36.4 Å². The van der Waals surface area contributed by atoms with Crippen molar-refractivity contribution in [3.05, 3.63) is 59.7 Å². The molecular formula is C30H39N7O2. The highest BCUT2D eigenvalue weighted by Crippen LogP contribution is 2.34. The smallest absolute Gasteiger partial charge is 0.231 e. The molecule has 39 heavy (non-hydrogen) atoms. The molecule has 0 aliphatic carbocycles. The van der Waals surface area contributed by atoms with Gasteiger partial charge < -0.3 is 24.9 Å². The van der Waals surface area contributed by atoms with E-state index in [1.807, 2.05) is 18.2 Å². The number of nitrogens with zero attached hydrogens (tertiary/aromatic N) is 7. The number of piperidine rings is 1. The van der Waals surface area contributed by atoms with Crippen molar-refractivity contribution in [3.8, 4) is 17.1 Å². The number of benzene rings is 2. The third-order valence-corrected chi connectivity index (χ3v) is 8.57. The lowest BCUT2D eigenvalue weighted by Crippen LogP contribution is -2.49. The molecule has 0 unspecified atom stereocenters. The highest BCUT2D eigenvalue weighted by molar-refractivity contribution is 5.61. The number of hydrogen-bond donors (Lipinski definition) is 2. The molecule has 1 atom stereocenters. The van der Waals surface area contributed by atoms with E-state index in [4.69, 9.17) is 15.0 Å². The zero-order chi connectivity index (χ0) is 26.8. The molecule has 3 aromatic rings. The van der Waals surface area contributed by atoms with E-state index >= 15 is 0 Å². The SMILES string of the molecule is CN1CCC(CN2CCN(c3nc(-c4cccc(O)c4)nc(N4CCc5ccccc5[C@@H]4CO)n3)CC2)CC1. The summed E-state index contributed by atoms with van der Waals surface area (Å²) in [6.07, 6.45) is 3.43. The van der Waals surface area contributed by atoms with Crippen LogP contribution >= 0.6 is 0 Å². The van der Waals surface area contributed by atoms with Gasteiger partial charge in [-0.05, 0) is 68.6 Å². The maximum absolute atomic E-state index is 10.4. The number of aliphatic hydroxyl groups excluding tert-OH is 1. The predicted octanol–water partition coefficient (Wildman–Crippen LogP) is 2.80. The van der Waals surface area contributed by atoms with E-state index in [1.54, 1.807) is 12.1 Å². The lowest BCUT2D eigenvalue weighted by molar-refractivity contribution is 0.155. The molecule has 3 aliphatic rings. The number of aromatic nitrogens is 3. The van der Waals surface area contributed by atoms with Crippen LogP contribution in [0, 0.1) is 5.92 Å². The number of phenols is 1. The molecule has 3 aliphatic heterocycles. The summed E-state index contributed by atoms with van der Waals surface area (Å²) in [6.45, 7) is 7.98. The molecule has 2 N–H and O–H groups in total. The Morgan fingerprint density at radius 3 is 2.38 bits per heavy atom. The average Bonchev–Trinajstić information content (AvgIpc) is 2.98. The Hall–Kier alpha value is -3.27. The second-order valence-corrected chi connectivity index (χ2v) is 11.2. The number of aromatic hydroxyl groups is 1. The van der Waals surface area contributed by atoms with Crippen LogP contribution in [0.1, 0.15) is 30.0 Å². The first kappa shape index (κ1) is 26.0. The number of likely N-dealkylation sites (tertiary alicyclic amines) is 1. The summed E-state index contributed by atoms with van der Waals surface area (Å²) in [5.74, 6) is 2.73. The van der Waals surface area contributed by atoms with Crippen molar-refractivity contribution in [3.63, 3.8) is 0 Å². The van der Waals surface area contributed by atoms with E-state index in [-0.39, 0.29) is 18.4 Å². The fourth-order valence-corrected chi connectivity index (χ4v) is 6.23. The van der Waals surface area contributed by atoms with Crippen molar-refractivity contribution in [1.82, 2.24) is 24.8 Å². The first-order valence-corrected chi connectivity index (χ1v) is 14.2. The van der Waals surface area contributed by atoms with Crippen LogP contribution in [0.5, 0.6) is 5.75 Å². The van der Waals surface area contributed by atoms with Crippen LogP contribution in [0.3, 0.4) is 0 Å². The van der Waals surface area contributed by atoms with Crippen LogP contribution in [0.25, 0.3) is 11.4 Å². The Kier molecular flexibility index (Phi) is 7.63. The van der Waals surface area contributed by atoms with Crippen LogP contribution < -0.4 is 9.80 Å². The summed E-state index contributed by atoms with van der Waals surface area (Å²) in [5.41, 5.74) is 3.13. The molecule has 0 bridgehead atoms. The minimum atomic E-state index is -0.214. The fraction of sp³-hybridized carbons (Fsp3) is 0.500. The minimum Gasteiger partial charge on any atom is -0.508 e. The molecule has 6 rings (SSSR count). The second-order valence-electron chi connectivity index (χ2n) is 11.2. The lowest BCUT2D eigenvalue weighted by atomic mass is 9.93. The van der Waals surface area contributed by atoms with E-state index in [1.165, 1.54) is 38.0 Å². The van der Waals surface area contributed by atoms with Gasteiger partial charge in [0.05, 0.1) is 12.6 Å². The Morgan fingerprint density at radius 1 is 0.846 bits per heavy atom. The summed E-state index contributed by atoms with van der Waals surface area (Å²) >= 11 is 0. The number of phenolic OH excluding ortho intramolecular Hbond substituents is 1. The zero-order valence-corrected chi connectivity index (χ0v) is 22.8. The normalized spacial score (nSPS) is 21.2. The van der Waals surface area contributed by atoms with Crippen LogP contribution in [0.2, 0.25) is 0 Å². The van der Waals surface area contributed by atoms with Crippen LogP contribution in [0.4, 0.5) is 11.9 Å². The quantitative estimate of drug-likeness (QED) is 0.500. The molecule has 2 saturated heterocycles. The second kappa shape index (κ2) is 11.5. The first-order chi connectivity index (χ1) is 19.1. The van der Waals surface area contributed by atoms with Gasteiger partial charge in [0.2, 0.25) is 11.9 Å². The zero-order valence-electron chi connectivity index (χ0n) is 22.8. The number of rotatable bonds is 6. The van der Waals surface area contributed by atoms with Gasteiger partial charge in [-0.3, -0.25) is 4.90 Å². The Labute approximate surface area is 230 Å². The number of fused-ring (bicyclic) bond motifs is 1. The predicted molar refractivity (Wildman–Crippen MR) is 153 cm³/mol. The number of piperazine rings is 1. The molecule has 0 radical (unpaired) electrons. The summed E-state index contributed by atoms with van der Waals surface area (Å²) in [7, 11) is 2.22. The molecule has 9 nitrogen and oxygen atoms in total. The van der Waals surface area contributed by atoms with Gasteiger partial charge in [-0.25, -0.2) is 0 Å². The van der Waals surface area contributed by atoms with Crippen molar-refractivity contribution in [2.24, 2.45) is 5.92 Å². The molecule has 4 heterocycles. The Morgan fingerprint density at radius 2 is 1.62 bits per heavy atom. The molecule has 2 fully saturated rings. The molecule has 0 amide bonds. The van der Waals surface area contributed by atoms with Gasteiger partial charge in [0, 0.05) is 44.8 Å². The Balaban J connectivity index is 1.26. The van der Waals surface area contributed by atoms with Gasteiger partial charge in [-0.2, -0.15) is 15.0 Å². The summed E-state index contributed by atoms with van der Waals surface area (Å²) in [5, 5.41) is 20.6. The van der Waals surface area contributed by atoms with E-state index < -0.39 is 0 Å². The maximum Gasteiger partial charge on any atom is 0.231 e. The monoisotopic (exact) mass is 529 g/mol. The first-order valence-electron chi connectivity index (χ1n) is 14.2. The number of anilines is 2. The van der Waals surface area contributed by atoms with Gasteiger partial charge in [0.15, 0.2) is 5.82 Å². The molecule has 0 saturated carbocycles. The lowest BCUT2D eigenvalue weighted by Gasteiger charge is -2.39. The van der Waals surface area contributed by atoms with Gasteiger partial charge in [0.25, 0.3) is 0 Å². The fourth-order valence-electron chi connectivity index (χ4n) is 6.23. The standard InChI is InChI=1S/C30H39N7O2/c1-34-12-9-22(10-13-34)20-35-15-17-36(18-16-35)29-31-28(24-6-4-7-25(39)19-24)32-30(33-29)37-14-11-23-5-2-3-8-26(23)27(37)21-38/h2-8,19,22,27,38-39H,9-18,20-21H2,1H3/t27-/m0/s1. The van der Waals surface area contributed by atoms with Crippen molar-refractivity contribution < 1.29 is 10.2 Å². The molecule has 9 heteroatoms. The molecular weight excluding hydrogens is 490 g/mol. The van der Waals surface area contributed by atoms with E-state index in [0.717, 1.165) is 56.2 Å². The van der Waals surface area contributed by atoms with Crippen molar-refractivity contribution in [1.29, 1.82) is 0 Å². The highest BCUT2D eigenvalue weighted by Gasteiger charge is 2.31. The summed E-state index contributed by atoms with van der Waals surface area (Å²) < 4.78 is 0. The van der Waals surface area contributed by atoms with E-state index in [9.17, 15) is 10.2 Å². The van der Waals surface area contributed by atoms with Crippen LogP contribution in [-0.2, 0) is 6.42 Å². The van der Waals surface area contributed by atoms with Gasteiger partial charge in [-0.15, -0.1) is 0 Å². The topological polar surface area (TPSA) is 92.1 Å². The molecule has 206 valence electrons. The molecule has 1 aromatic heterocycles. The minimum absolute atomic E-state index is 0.0187. The third-order valence-electron chi connectivity index (χ3n) is 8.57.